The highest BCUT2D eigenvalue weighted by Crippen LogP contribution is 2.34. The second-order valence-electron chi connectivity index (χ2n) is 5.72. The zero-order valence-corrected chi connectivity index (χ0v) is 15.0. The number of hydrogen-bond acceptors (Lipinski definition) is 3. The minimum atomic E-state index is -0.221. The molecule has 1 aliphatic carbocycles. The average molecular weight is 384 g/mol. The number of rotatable bonds is 4. The molecule has 3 rings (SSSR count). The largest absolute Gasteiger partial charge is 0.303 e. The fraction of sp³-hybridized carbons (Fsp3) is 0.500. The molecule has 1 aromatic heterocycles. The van der Waals surface area contributed by atoms with Gasteiger partial charge in [0.25, 0.3) is 0 Å². The SMILES string of the molecule is Cc1nnc(SCc2ccc(F)cc2Br)n1C1CCCCC1. The van der Waals surface area contributed by atoms with Crippen LogP contribution in [0, 0.1) is 12.7 Å². The van der Waals surface area contributed by atoms with Crippen molar-refractivity contribution in [3.8, 4) is 0 Å². The van der Waals surface area contributed by atoms with E-state index in [9.17, 15) is 4.39 Å². The smallest absolute Gasteiger partial charge is 0.191 e. The van der Waals surface area contributed by atoms with E-state index >= 15 is 0 Å². The van der Waals surface area contributed by atoms with E-state index in [1.165, 1.54) is 44.2 Å². The number of aromatic nitrogens is 3. The Bertz CT molecular complexity index is 653. The Morgan fingerprint density at radius 2 is 2.05 bits per heavy atom. The Morgan fingerprint density at radius 3 is 2.77 bits per heavy atom. The molecule has 6 heteroatoms. The molecule has 1 fully saturated rings. The quantitative estimate of drug-likeness (QED) is 0.672. The van der Waals surface area contributed by atoms with Gasteiger partial charge in [0.15, 0.2) is 5.16 Å². The molecule has 1 heterocycles. The van der Waals surface area contributed by atoms with Gasteiger partial charge in [-0.3, -0.25) is 0 Å². The van der Waals surface area contributed by atoms with Crippen molar-refractivity contribution < 1.29 is 4.39 Å². The summed E-state index contributed by atoms with van der Waals surface area (Å²) >= 11 is 5.10. The molecule has 1 aromatic carbocycles. The van der Waals surface area contributed by atoms with Crippen LogP contribution in [0.4, 0.5) is 4.39 Å². The minimum Gasteiger partial charge on any atom is -0.303 e. The maximum absolute atomic E-state index is 13.2. The first-order valence-corrected chi connectivity index (χ1v) is 9.41. The molecule has 0 spiro atoms. The van der Waals surface area contributed by atoms with Crippen LogP contribution in [-0.4, -0.2) is 14.8 Å². The third-order valence-electron chi connectivity index (χ3n) is 4.15. The van der Waals surface area contributed by atoms with Crippen LogP contribution in [-0.2, 0) is 5.75 Å². The van der Waals surface area contributed by atoms with E-state index in [1.54, 1.807) is 11.8 Å². The maximum Gasteiger partial charge on any atom is 0.191 e. The molecule has 22 heavy (non-hydrogen) atoms. The van der Waals surface area contributed by atoms with Gasteiger partial charge in [0.05, 0.1) is 0 Å². The average Bonchev–Trinajstić information content (AvgIpc) is 2.88. The van der Waals surface area contributed by atoms with Crippen molar-refractivity contribution in [1.82, 2.24) is 14.8 Å². The highest BCUT2D eigenvalue weighted by molar-refractivity contribution is 9.10. The summed E-state index contributed by atoms with van der Waals surface area (Å²) in [7, 11) is 0. The molecule has 0 amide bonds. The topological polar surface area (TPSA) is 30.7 Å². The number of benzene rings is 1. The fourth-order valence-corrected chi connectivity index (χ4v) is 4.72. The molecular formula is C16H19BrFN3S. The van der Waals surface area contributed by atoms with Crippen LogP contribution in [0.1, 0.15) is 49.5 Å². The first kappa shape index (κ1) is 16.0. The van der Waals surface area contributed by atoms with Crippen LogP contribution >= 0.6 is 27.7 Å². The first-order valence-electron chi connectivity index (χ1n) is 7.63. The highest BCUT2D eigenvalue weighted by Gasteiger charge is 2.21. The van der Waals surface area contributed by atoms with E-state index in [2.05, 4.69) is 30.7 Å². The lowest BCUT2D eigenvalue weighted by atomic mass is 9.95. The van der Waals surface area contributed by atoms with Crippen LogP contribution in [0.25, 0.3) is 0 Å². The predicted molar refractivity (Wildman–Crippen MR) is 90.5 cm³/mol. The summed E-state index contributed by atoms with van der Waals surface area (Å²) < 4.78 is 16.3. The van der Waals surface area contributed by atoms with Gasteiger partial charge >= 0.3 is 0 Å². The Labute approximate surface area is 142 Å². The molecule has 0 atom stereocenters. The van der Waals surface area contributed by atoms with E-state index in [4.69, 9.17) is 0 Å². The van der Waals surface area contributed by atoms with Crippen LogP contribution in [0.3, 0.4) is 0 Å². The van der Waals surface area contributed by atoms with Crippen molar-refractivity contribution in [2.75, 3.05) is 0 Å². The fourth-order valence-electron chi connectivity index (χ4n) is 2.99. The lowest BCUT2D eigenvalue weighted by Crippen LogP contribution is -2.15. The van der Waals surface area contributed by atoms with Gasteiger partial charge in [0.1, 0.15) is 11.6 Å². The van der Waals surface area contributed by atoms with E-state index < -0.39 is 0 Å². The molecule has 0 radical (unpaired) electrons. The molecule has 0 unspecified atom stereocenters. The zero-order valence-electron chi connectivity index (χ0n) is 12.6. The van der Waals surface area contributed by atoms with Gasteiger partial charge in [0, 0.05) is 16.3 Å². The molecule has 0 saturated heterocycles. The number of halogens is 2. The Morgan fingerprint density at radius 1 is 1.27 bits per heavy atom. The highest BCUT2D eigenvalue weighted by atomic mass is 79.9. The molecule has 0 aliphatic heterocycles. The summed E-state index contributed by atoms with van der Waals surface area (Å²) in [6.45, 7) is 2.03. The van der Waals surface area contributed by atoms with Crippen LogP contribution < -0.4 is 0 Å². The Balaban J connectivity index is 1.75. The summed E-state index contributed by atoms with van der Waals surface area (Å²) in [5.74, 6) is 1.53. The number of nitrogens with zero attached hydrogens (tertiary/aromatic N) is 3. The van der Waals surface area contributed by atoms with Crippen LogP contribution in [0.2, 0.25) is 0 Å². The van der Waals surface area contributed by atoms with Crippen LogP contribution in [0.5, 0.6) is 0 Å². The Hall–Kier alpha value is -0.880. The predicted octanol–water partition coefficient (Wildman–Crippen LogP) is 5.29. The minimum absolute atomic E-state index is 0.221. The van der Waals surface area contributed by atoms with Crippen molar-refractivity contribution in [2.24, 2.45) is 0 Å². The summed E-state index contributed by atoms with van der Waals surface area (Å²) in [6.07, 6.45) is 6.34. The van der Waals surface area contributed by atoms with E-state index in [0.717, 1.165) is 26.8 Å². The van der Waals surface area contributed by atoms with Gasteiger partial charge in [-0.1, -0.05) is 53.0 Å². The monoisotopic (exact) mass is 383 g/mol. The number of thioether (sulfide) groups is 1. The van der Waals surface area contributed by atoms with Gasteiger partial charge in [-0.25, -0.2) is 4.39 Å². The Kier molecular flexibility index (Phi) is 5.18. The lowest BCUT2D eigenvalue weighted by Gasteiger charge is -2.25. The molecule has 2 aromatic rings. The molecule has 1 aliphatic rings. The standard InChI is InChI=1S/C16H19BrFN3S/c1-11-19-20-16(21(11)14-5-3-2-4-6-14)22-10-12-7-8-13(18)9-15(12)17/h7-9,14H,2-6,10H2,1H3. The second-order valence-corrected chi connectivity index (χ2v) is 7.51. The molecular weight excluding hydrogens is 365 g/mol. The van der Waals surface area contributed by atoms with Gasteiger partial charge < -0.3 is 4.57 Å². The number of aryl methyl sites for hydroxylation is 1. The zero-order chi connectivity index (χ0) is 15.5. The van der Waals surface area contributed by atoms with Crippen LogP contribution in [0.15, 0.2) is 27.8 Å². The normalized spacial score (nSPS) is 16.1. The van der Waals surface area contributed by atoms with Gasteiger partial charge in [-0.05, 0) is 37.5 Å². The third-order valence-corrected chi connectivity index (χ3v) is 5.88. The second kappa shape index (κ2) is 7.13. The molecule has 3 nitrogen and oxygen atoms in total. The molecule has 0 N–H and O–H groups in total. The molecule has 1 saturated carbocycles. The third kappa shape index (κ3) is 3.54. The van der Waals surface area contributed by atoms with Crippen molar-refractivity contribution in [1.29, 1.82) is 0 Å². The molecule has 0 bridgehead atoms. The van der Waals surface area contributed by atoms with Crippen molar-refractivity contribution >= 4 is 27.7 Å². The first-order chi connectivity index (χ1) is 10.6. The summed E-state index contributed by atoms with van der Waals surface area (Å²) in [6, 6.07) is 5.36. The summed E-state index contributed by atoms with van der Waals surface area (Å²) in [5.41, 5.74) is 1.07. The van der Waals surface area contributed by atoms with Gasteiger partial charge in [-0.2, -0.15) is 0 Å². The van der Waals surface area contributed by atoms with Crippen molar-refractivity contribution in [2.45, 2.75) is 56.0 Å². The van der Waals surface area contributed by atoms with Crippen molar-refractivity contribution in [3.05, 3.63) is 39.9 Å². The summed E-state index contributed by atoms with van der Waals surface area (Å²) in [4.78, 5) is 0. The van der Waals surface area contributed by atoms with Crippen molar-refractivity contribution in [3.63, 3.8) is 0 Å². The van der Waals surface area contributed by atoms with E-state index in [0.29, 0.717) is 6.04 Å². The maximum atomic E-state index is 13.2. The van der Waals surface area contributed by atoms with E-state index in [-0.39, 0.29) is 5.82 Å². The lowest BCUT2D eigenvalue weighted by molar-refractivity contribution is 0.332. The van der Waals surface area contributed by atoms with Gasteiger partial charge in [-0.15, -0.1) is 10.2 Å². The summed E-state index contributed by atoms with van der Waals surface area (Å²) in [5, 5.41) is 9.57. The van der Waals surface area contributed by atoms with Gasteiger partial charge in [0.2, 0.25) is 0 Å². The number of hydrogen-bond donors (Lipinski definition) is 0. The molecule has 118 valence electrons. The van der Waals surface area contributed by atoms with E-state index in [1.807, 2.05) is 13.0 Å².